The topological polar surface area (TPSA) is 98.7 Å². The summed E-state index contributed by atoms with van der Waals surface area (Å²) < 4.78 is 28.2. The summed E-state index contributed by atoms with van der Waals surface area (Å²) in [5.74, 6) is -1.70. The first-order valence-corrected chi connectivity index (χ1v) is 7.33. The van der Waals surface area contributed by atoms with Crippen LogP contribution in [0.4, 0.5) is 8.78 Å². The molecule has 3 rings (SSSR count). The second-order valence-electron chi connectivity index (χ2n) is 5.19. The van der Waals surface area contributed by atoms with E-state index in [1.807, 2.05) is 0 Å². The van der Waals surface area contributed by atoms with Gasteiger partial charge >= 0.3 is 0 Å². The number of hydrogen-bond acceptors (Lipinski definition) is 5. The lowest BCUT2D eigenvalue weighted by atomic mass is 10.1. The number of nitrogens with zero attached hydrogens (tertiary/aromatic N) is 4. The highest BCUT2D eigenvalue weighted by Crippen LogP contribution is 2.17. The zero-order valence-electron chi connectivity index (χ0n) is 12.9. The van der Waals surface area contributed by atoms with E-state index in [0.717, 1.165) is 12.1 Å². The van der Waals surface area contributed by atoms with Crippen molar-refractivity contribution < 1.29 is 13.6 Å². The van der Waals surface area contributed by atoms with Crippen LogP contribution in [0, 0.1) is 11.6 Å². The van der Waals surface area contributed by atoms with E-state index in [1.165, 1.54) is 17.3 Å². The first-order valence-electron chi connectivity index (χ1n) is 7.33. The van der Waals surface area contributed by atoms with Crippen LogP contribution in [0.1, 0.15) is 17.2 Å². The van der Waals surface area contributed by atoms with Gasteiger partial charge in [-0.2, -0.15) is 5.10 Å². The molecule has 0 aliphatic carbocycles. The molecule has 0 saturated heterocycles. The summed E-state index contributed by atoms with van der Waals surface area (Å²) >= 11 is 0. The quantitative estimate of drug-likeness (QED) is 0.726. The van der Waals surface area contributed by atoms with Crippen LogP contribution in [0.3, 0.4) is 0 Å². The molecule has 1 unspecified atom stereocenters. The molecule has 1 aromatic carbocycles. The van der Waals surface area contributed by atoms with E-state index in [0.29, 0.717) is 17.4 Å². The molecule has 1 amide bonds. The monoisotopic (exact) mass is 344 g/mol. The van der Waals surface area contributed by atoms with Crippen molar-refractivity contribution in [3.63, 3.8) is 0 Å². The van der Waals surface area contributed by atoms with Gasteiger partial charge in [0, 0.05) is 29.9 Å². The van der Waals surface area contributed by atoms with Gasteiger partial charge in [0.05, 0.1) is 0 Å². The number of carbonyl (C=O) groups is 1. The number of nitrogens with one attached hydrogen (secondary N) is 1. The SMILES string of the molecule is NC(C(=O)NCc1cccnc1-n1cncn1)c1ccc(F)cc1F. The van der Waals surface area contributed by atoms with Crippen LogP contribution in [-0.2, 0) is 11.3 Å². The minimum Gasteiger partial charge on any atom is -0.350 e. The van der Waals surface area contributed by atoms with Crippen LogP contribution in [0.25, 0.3) is 5.82 Å². The van der Waals surface area contributed by atoms with Gasteiger partial charge in [0.2, 0.25) is 5.91 Å². The molecule has 1 atom stereocenters. The van der Waals surface area contributed by atoms with E-state index in [-0.39, 0.29) is 12.1 Å². The van der Waals surface area contributed by atoms with Gasteiger partial charge in [0.25, 0.3) is 0 Å². The number of nitrogens with two attached hydrogens (primary N) is 1. The van der Waals surface area contributed by atoms with Crippen molar-refractivity contribution in [3.8, 4) is 5.82 Å². The molecular formula is C16H14F2N6O. The minimum absolute atomic E-state index is 0.0819. The average Bonchev–Trinajstić information content (AvgIpc) is 3.14. The molecule has 3 aromatic rings. The fraction of sp³-hybridized carbons (Fsp3) is 0.125. The number of rotatable bonds is 5. The molecule has 128 valence electrons. The third-order valence-corrected chi connectivity index (χ3v) is 3.54. The Balaban J connectivity index is 1.73. The summed E-state index contributed by atoms with van der Waals surface area (Å²) in [7, 11) is 0. The van der Waals surface area contributed by atoms with Crippen LogP contribution in [0.2, 0.25) is 0 Å². The van der Waals surface area contributed by atoms with Crippen molar-refractivity contribution in [1.29, 1.82) is 0 Å². The Labute approximate surface area is 141 Å². The fourth-order valence-corrected chi connectivity index (χ4v) is 2.28. The molecule has 9 heteroatoms. The average molecular weight is 344 g/mol. The number of hydrogen-bond donors (Lipinski definition) is 2. The van der Waals surface area contributed by atoms with E-state index in [2.05, 4.69) is 20.4 Å². The number of benzene rings is 1. The summed E-state index contributed by atoms with van der Waals surface area (Å²) in [5, 5.41) is 6.61. The summed E-state index contributed by atoms with van der Waals surface area (Å²) in [6.45, 7) is 0.110. The van der Waals surface area contributed by atoms with Gasteiger partial charge in [-0.1, -0.05) is 12.1 Å². The zero-order chi connectivity index (χ0) is 17.8. The van der Waals surface area contributed by atoms with E-state index < -0.39 is 23.6 Å². The summed E-state index contributed by atoms with van der Waals surface area (Å²) in [5.41, 5.74) is 6.36. The second kappa shape index (κ2) is 7.14. The first-order chi connectivity index (χ1) is 12.1. The Kier molecular flexibility index (Phi) is 4.75. The molecule has 2 heterocycles. The highest BCUT2D eigenvalue weighted by Gasteiger charge is 2.20. The van der Waals surface area contributed by atoms with Crippen LogP contribution in [0.5, 0.6) is 0 Å². The molecule has 25 heavy (non-hydrogen) atoms. The molecule has 7 nitrogen and oxygen atoms in total. The highest BCUT2D eigenvalue weighted by molar-refractivity contribution is 5.83. The van der Waals surface area contributed by atoms with E-state index >= 15 is 0 Å². The van der Waals surface area contributed by atoms with Crippen molar-refractivity contribution in [1.82, 2.24) is 25.1 Å². The van der Waals surface area contributed by atoms with Crippen molar-refractivity contribution in [2.45, 2.75) is 12.6 Å². The fourth-order valence-electron chi connectivity index (χ4n) is 2.28. The maximum absolute atomic E-state index is 13.7. The number of halogens is 2. The number of amides is 1. The predicted octanol–water partition coefficient (Wildman–Crippen LogP) is 1.26. The van der Waals surface area contributed by atoms with Gasteiger partial charge in [-0.3, -0.25) is 4.79 Å². The minimum atomic E-state index is -1.26. The molecule has 0 aliphatic rings. The summed E-state index contributed by atoms with van der Waals surface area (Å²) in [6.07, 6.45) is 4.43. The summed E-state index contributed by atoms with van der Waals surface area (Å²) in [6, 6.07) is 5.10. The van der Waals surface area contributed by atoms with E-state index in [4.69, 9.17) is 5.73 Å². The Morgan fingerprint density at radius 1 is 1.32 bits per heavy atom. The Morgan fingerprint density at radius 3 is 2.88 bits per heavy atom. The third kappa shape index (κ3) is 3.66. The van der Waals surface area contributed by atoms with Gasteiger partial charge in [0.1, 0.15) is 30.3 Å². The number of pyridine rings is 1. The maximum atomic E-state index is 13.7. The molecule has 0 aliphatic heterocycles. The lowest BCUT2D eigenvalue weighted by Crippen LogP contribution is -2.34. The molecular weight excluding hydrogens is 330 g/mol. The standard InChI is InChI=1S/C16H14F2N6O/c17-11-3-4-12(13(18)6-11)14(19)16(25)22-7-10-2-1-5-21-15(10)24-9-20-8-23-24/h1-6,8-9,14H,7,19H2,(H,22,25). The van der Waals surface area contributed by atoms with Crippen molar-refractivity contribution >= 4 is 5.91 Å². The van der Waals surface area contributed by atoms with Crippen molar-refractivity contribution in [2.75, 3.05) is 0 Å². The van der Waals surface area contributed by atoms with Gasteiger partial charge < -0.3 is 11.1 Å². The van der Waals surface area contributed by atoms with Gasteiger partial charge in [0.15, 0.2) is 5.82 Å². The zero-order valence-corrected chi connectivity index (χ0v) is 12.9. The molecule has 3 N–H and O–H groups in total. The Bertz CT molecular complexity index is 884. The molecule has 2 aromatic heterocycles. The molecule has 0 bridgehead atoms. The van der Waals surface area contributed by atoms with Crippen molar-refractivity contribution in [2.24, 2.45) is 5.73 Å². The summed E-state index contributed by atoms with van der Waals surface area (Å²) in [4.78, 5) is 20.3. The normalized spacial score (nSPS) is 12.0. The van der Waals surface area contributed by atoms with Gasteiger partial charge in [-0.05, 0) is 12.1 Å². The van der Waals surface area contributed by atoms with E-state index in [9.17, 15) is 13.6 Å². The Hall–Kier alpha value is -3.20. The molecule has 0 spiro atoms. The molecule has 0 saturated carbocycles. The molecule has 0 fully saturated rings. The van der Waals surface area contributed by atoms with Crippen LogP contribution in [-0.4, -0.2) is 25.7 Å². The second-order valence-corrected chi connectivity index (χ2v) is 5.19. The lowest BCUT2D eigenvalue weighted by molar-refractivity contribution is -0.122. The highest BCUT2D eigenvalue weighted by atomic mass is 19.1. The number of carbonyl (C=O) groups excluding carboxylic acids is 1. The van der Waals surface area contributed by atoms with Gasteiger partial charge in [-0.25, -0.2) is 23.4 Å². The van der Waals surface area contributed by atoms with Crippen LogP contribution < -0.4 is 11.1 Å². The third-order valence-electron chi connectivity index (χ3n) is 3.54. The first kappa shape index (κ1) is 16.7. The lowest BCUT2D eigenvalue weighted by Gasteiger charge is -2.14. The largest absolute Gasteiger partial charge is 0.350 e. The van der Waals surface area contributed by atoms with Crippen LogP contribution in [0.15, 0.2) is 49.2 Å². The predicted molar refractivity (Wildman–Crippen MR) is 84.3 cm³/mol. The number of aromatic nitrogens is 4. The van der Waals surface area contributed by atoms with Crippen molar-refractivity contribution in [3.05, 3.63) is 71.9 Å². The maximum Gasteiger partial charge on any atom is 0.241 e. The van der Waals surface area contributed by atoms with Crippen LogP contribution >= 0.6 is 0 Å². The molecule has 0 radical (unpaired) electrons. The van der Waals surface area contributed by atoms with Gasteiger partial charge in [-0.15, -0.1) is 0 Å². The smallest absolute Gasteiger partial charge is 0.241 e. The Morgan fingerprint density at radius 2 is 2.16 bits per heavy atom. The van der Waals surface area contributed by atoms with E-state index in [1.54, 1.807) is 18.3 Å².